The van der Waals surface area contributed by atoms with Gasteiger partial charge in [-0.15, -0.1) is 5.54 Å². The Hall–Kier alpha value is -0.683. The maximum absolute atomic E-state index is 5.66. The molecule has 0 saturated carbocycles. The van der Waals surface area contributed by atoms with Crippen molar-refractivity contribution in [1.29, 1.82) is 0 Å². The monoisotopic (exact) mass is 462 g/mol. The van der Waals surface area contributed by atoms with Gasteiger partial charge in [0.25, 0.3) is 0 Å². The van der Waals surface area contributed by atoms with Gasteiger partial charge in [-0.2, -0.15) is 0 Å². The molecule has 0 bridgehead atoms. The first-order valence-electron chi connectivity index (χ1n) is 14.2. The zero-order valence-corrected chi connectivity index (χ0v) is 24.1. The van der Waals surface area contributed by atoms with Crippen LogP contribution in [-0.4, -0.2) is 14.7 Å². The molecule has 0 N–H and O–H groups in total. The zero-order chi connectivity index (χ0) is 24.1. The van der Waals surface area contributed by atoms with Crippen LogP contribution in [-0.2, 0) is 4.74 Å². The minimum atomic E-state index is -1.61. The fourth-order valence-corrected chi connectivity index (χ4v) is 10.5. The van der Waals surface area contributed by atoms with Crippen molar-refractivity contribution in [1.82, 2.24) is 0 Å². The van der Waals surface area contributed by atoms with E-state index >= 15 is 0 Å². The summed E-state index contributed by atoms with van der Waals surface area (Å²) in [6.07, 6.45) is 25.0. The molecule has 0 aromatic heterocycles. The minimum absolute atomic E-state index is 0.538. The van der Waals surface area contributed by atoms with Gasteiger partial charge in [0.15, 0.2) is 0 Å². The highest BCUT2D eigenvalue weighted by atomic mass is 28.3. The Bertz CT molecular complexity index is 473. The van der Waals surface area contributed by atoms with Crippen molar-refractivity contribution in [3.8, 4) is 11.5 Å². The van der Waals surface area contributed by atoms with Crippen molar-refractivity contribution in [2.75, 3.05) is 6.61 Å². The van der Waals surface area contributed by atoms with E-state index < -0.39 is 8.07 Å². The van der Waals surface area contributed by atoms with Crippen LogP contribution < -0.4 is 0 Å². The van der Waals surface area contributed by atoms with Gasteiger partial charge in [0.05, 0.1) is 6.26 Å². The highest BCUT2D eigenvalue weighted by Gasteiger charge is 2.41. The second kappa shape index (κ2) is 20.9. The molecule has 0 spiro atoms. The first-order valence-corrected chi connectivity index (χ1v) is 16.4. The maximum atomic E-state index is 5.66. The van der Waals surface area contributed by atoms with Crippen molar-refractivity contribution in [3.63, 3.8) is 0 Å². The molecule has 0 saturated heterocycles. The van der Waals surface area contributed by atoms with Gasteiger partial charge >= 0.3 is 0 Å². The molecular formula is C30H58OSi. The van der Waals surface area contributed by atoms with Crippen LogP contribution in [0.1, 0.15) is 145 Å². The minimum Gasteiger partial charge on any atom is -0.489 e. The summed E-state index contributed by atoms with van der Waals surface area (Å²) in [5, 5.41) is 0. The molecule has 0 aromatic rings. The molecule has 0 aliphatic rings. The average Bonchev–Trinajstić information content (AvgIpc) is 2.74. The van der Waals surface area contributed by atoms with Crippen LogP contribution >= 0.6 is 0 Å². The van der Waals surface area contributed by atoms with Gasteiger partial charge in [0.1, 0.15) is 14.7 Å². The lowest BCUT2D eigenvalue weighted by Gasteiger charge is -2.38. The van der Waals surface area contributed by atoms with Crippen molar-refractivity contribution in [2.24, 2.45) is 0 Å². The van der Waals surface area contributed by atoms with Gasteiger partial charge in [-0.1, -0.05) is 138 Å². The summed E-state index contributed by atoms with van der Waals surface area (Å²) in [6, 6.07) is 0. The molecule has 0 radical (unpaired) electrons. The third-order valence-electron chi connectivity index (χ3n) is 7.24. The normalized spacial score (nSPS) is 12.2. The first-order chi connectivity index (χ1) is 15.4. The quantitative estimate of drug-likeness (QED) is 0.0756. The van der Waals surface area contributed by atoms with E-state index in [1.54, 1.807) is 0 Å². The van der Waals surface area contributed by atoms with Crippen molar-refractivity contribution in [3.05, 3.63) is 12.3 Å². The fourth-order valence-electron chi connectivity index (χ4n) is 5.30. The van der Waals surface area contributed by atoms with Gasteiger partial charge in [0.2, 0.25) is 0 Å². The highest BCUT2D eigenvalue weighted by Crippen LogP contribution is 2.40. The van der Waals surface area contributed by atoms with Crippen LogP contribution in [0.5, 0.6) is 0 Å². The summed E-state index contributed by atoms with van der Waals surface area (Å²) in [5.41, 5.74) is 5.78. The smallest absolute Gasteiger partial charge is 0.147 e. The van der Waals surface area contributed by atoms with E-state index in [0.717, 1.165) is 6.42 Å². The molecule has 0 aromatic carbocycles. The van der Waals surface area contributed by atoms with Crippen LogP contribution in [0.3, 0.4) is 0 Å². The molecule has 0 aliphatic carbocycles. The predicted octanol–water partition coefficient (Wildman–Crippen LogP) is 10.6. The lowest BCUT2D eigenvalue weighted by atomic mass is 10.0. The molecule has 0 fully saturated rings. The van der Waals surface area contributed by atoms with Gasteiger partial charge < -0.3 is 4.74 Å². The van der Waals surface area contributed by atoms with Gasteiger partial charge in [-0.25, -0.2) is 0 Å². The lowest BCUT2D eigenvalue weighted by molar-refractivity contribution is 0.295. The molecule has 0 unspecified atom stereocenters. The van der Waals surface area contributed by atoms with E-state index in [1.807, 2.05) is 6.26 Å². The largest absolute Gasteiger partial charge is 0.489 e. The second-order valence-corrected chi connectivity index (χ2v) is 16.3. The van der Waals surface area contributed by atoms with Crippen LogP contribution in [0, 0.1) is 11.5 Å². The van der Waals surface area contributed by atoms with Gasteiger partial charge in [0, 0.05) is 0 Å². The standard InChI is InChI=1S/C30H58OSi/c1-8-9-10-11-12-13-14-15-16-17-18-19-20-21-22-23-25-31-26-24-27-32(28(2)3,29(4)5)30(6)7/h23,25,28-30H,8-22,26H2,1-7H3/b25-23-. The Labute approximate surface area is 204 Å². The van der Waals surface area contributed by atoms with E-state index in [9.17, 15) is 0 Å². The fraction of sp³-hybridized carbons (Fsp3) is 0.867. The third kappa shape index (κ3) is 14.5. The average molecular weight is 463 g/mol. The Morgan fingerprint density at radius 2 is 1.03 bits per heavy atom. The molecular weight excluding hydrogens is 404 g/mol. The number of rotatable bonds is 20. The topological polar surface area (TPSA) is 9.23 Å². The molecule has 188 valence electrons. The summed E-state index contributed by atoms with van der Waals surface area (Å²) in [4.78, 5) is 0. The number of ether oxygens (including phenoxy) is 1. The van der Waals surface area contributed by atoms with Crippen LogP contribution in [0.4, 0.5) is 0 Å². The van der Waals surface area contributed by atoms with Crippen LogP contribution in [0.15, 0.2) is 12.3 Å². The molecule has 0 aliphatic heterocycles. The number of allylic oxidation sites excluding steroid dienone is 1. The maximum Gasteiger partial charge on any atom is 0.147 e. The highest BCUT2D eigenvalue weighted by molar-refractivity contribution is 6.90. The summed E-state index contributed by atoms with van der Waals surface area (Å²) in [7, 11) is -1.61. The van der Waals surface area contributed by atoms with E-state index in [1.165, 1.54) is 89.9 Å². The molecule has 0 rings (SSSR count). The molecule has 1 nitrogen and oxygen atoms in total. The molecule has 32 heavy (non-hydrogen) atoms. The Balaban J connectivity index is 3.66. The number of hydrogen-bond acceptors (Lipinski definition) is 1. The Morgan fingerprint density at radius 1 is 0.625 bits per heavy atom. The first kappa shape index (κ1) is 31.3. The number of unbranched alkanes of at least 4 members (excludes halogenated alkanes) is 14. The summed E-state index contributed by atoms with van der Waals surface area (Å²) < 4.78 is 5.66. The van der Waals surface area contributed by atoms with Crippen molar-refractivity contribution >= 4 is 8.07 Å². The van der Waals surface area contributed by atoms with Gasteiger partial charge in [-0.05, 0) is 35.5 Å². The lowest BCUT2D eigenvalue weighted by Crippen LogP contribution is -2.43. The molecule has 0 heterocycles. The number of hydrogen-bond donors (Lipinski definition) is 0. The summed E-state index contributed by atoms with van der Waals surface area (Å²) >= 11 is 0. The van der Waals surface area contributed by atoms with Crippen LogP contribution in [0.2, 0.25) is 16.6 Å². The van der Waals surface area contributed by atoms with E-state index in [0.29, 0.717) is 23.2 Å². The van der Waals surface area contributed by atoms with E-state index in [-0.39, 0.29) is 0 Å². The van der Waals surface area contributed by atoms with E-state index in [2.05, 4.69) is 66.0 Å². The predicted molar refractivity (Wildman–Crippen MR) is 149 cm³/mol. The summed E-state index contributed by atoms with van der Waals surface area (Å²) in [5.74, 6) is 3.36. The molecule has 0 atom stereocenters. The summed E-state index contributed by atoms with van der Waals surface area (Å²) in [6.45, 7) is 17.0. The molecule has 0 amide bonds. The molecule has 2 heteroatoms. The Morgan fingerprint density at radius 3 is 1.44 bits per heavy atom. The van der Waals surface area contributed by atoms with E-state index in [4.69, 9.17) is 4.74 Å². The third-order valence-corrected chi connectivity index (χ3v) is 13.6. The van der Waals surface area contributed by atoms with Gasteiger partial charge in [-0.3, -0.25) is 0 Å². The van der Waals surface area contributed by atoms with Crippen molar-refractivity contribution < 1.29 is 4.74 Å². The van der Waals surface area contributed by atoms with Crippen LogP contribution in [0.25, 0.3) is 0 Å². The second-order valence-electron chi connectivity index (χ2n) is 10.8. The SMILES string of the molecule is CCCCCCCCCCCCCCCC/C=C\OCC#C[Si](C(C)C)(C(C)C)C(C)C. The van der Waals surface area contributed by atoms with Crippen molar-refractivity contribution in [2.45, 2.75) is 161 Å². The zero-order valence-electron chi connectivity index (χ0n) is 23.1. The Kier molecular flexibility index (Phi) is 20.4.